The van der Waals surface area contributed by atoms with E-state index in [4.69, 9.17) is 5.11 Å². The Morgan fingerprint density at radius 3 is 2.86 bits per heavy atom. The molecule has 0 saturated carbocycles. The van der Waals surface area contributed by atoms with Gasteiger partial charge in [-0.25, -0.2) is 0 Å². The molecule has 0 aliphatic carbocycles. The lowest BCUT2D eigenvalue weighted by molar-refractivity contribution is 0.292. The molecule has 0 unspecified atom stereocenters. The van der Waals surface area contributed by atoms with Crippen molar-refractivity contribution in [3.8, 4) is 0 Å². The topological polar surface area (TPSA) is 32.3 Å². The summed E-state index contributed by atoms with van der Waals surface area (Å²) in [6.45, 7) is 2.07. The molecule has 4 heteroatoms. The maximum absolute atomic E-state index is 8.54. The summed E-state index contributed by atoms with van der Waals surface area (Å²) in [5.41, 5.74) is 0. The van der Waals surface area contributed by atoms with Crippen LogP contribution in [0.1, 0.15) is 32.1 Å². The van der Waals surface area contributed by atoms with E-state index in [-0.39, 0.29) is 6.61 Å². The fraction of sp³-hybridized carbons (Fsp3) is 1.00. The predicted molar refractivity (Wildman–Crippen MR) is 66.9 cm³/mol. The molecule has 2 N–H and O–H groups in total. The van der Waals surface area contributed by atoms with Crippen LogP contribution >= 0.6 is 21.6 Å². The van der Waals surface area contributed by atoms with Gasteiger partial charge in [-0.05, 0) is 25.8 Å². The van der Waals surface area contributed by atoms with Gasteiger partial charge in [-0.2, -0.15) is 0 Å². The maximum Gasteiger partial charge on any atom is 0.0555 e. The molecule has 1 atom stereocenters. The van der Waals surface area contributed by atoms with Crippen LogP contribution in [0.3, 0.4) is 0 Å². The Hall–Kier alpha value is 0.620. The summed E-state index contributed by atoms with van der Waals surface area (Å²) in [7, 11) is 4.12. The summed E-state index contributed by atoms with van der Waals surface area (Å²) in [6.07, 6.45) is 6.78. The van der Waals surface area contributed by atoms with Crippen molar-refractivity contribution in [3.63, 3.8) is 0 Å². The van der Waals surface area contributed by atoms with E-state index in [1.165, 1.54) is 37.9 Å². The third-order valence-electron chi connectivity index (χ3n) is 2.40. The Morgan fingerprint density at radius 1 is 1.21 bits per heavy atom. The zero-order chi connectivity index (χ0) is 10.1. The highest BCUT2D eigenvalue weighted by atomic mass is 33.1. The zero-order valence-electron chi connectivity index (χ0n) is 8.71. The van der Waals surface area contributed by atoms with Crippen LogP contribution in [0, 0.1) is 0 Å². The normalized spacial score (nSPS) is 21.6. The van der Waals surface area contributed by atoms with Crippen molar-refractivity contribution < 1.29 is 5.11 Å². The molecule has 84 valence electrons. The first-order chi connectivity index (χ1) is 6.93. The van der Waals surface area contributed by atoms with E-state index < -0.39 is 0 Å². The average molecular weight is 235 g/mol. The molecule has 0 aromatic rings. The van der Waals surface area contributed by atoms with Crippen molar-refractivity contribution in [1.29, 1.82) is 0 Å². The summed E-state index contributed by atoms with van der Waals surface area (Å²) in [4.78, 5) is 0. The largest absolute Gasteiger partial charge is 0.395 e. The molecule has 1 fully saturated rings. The Bertz CT molecular complexity index is 129. The van der Waals surface area contributed by atoms with Crippen LogP contribution in [0.5, 0.6) is 0 Å². The first kappa shape index (κ1) is 12.7. The molecule has 0 amide bonds. The number of rotatable bonds is 8. The summed E-state index contributed by atoms with van der Waals surface area (Å²) in [6, 6.07) is 0. The molecule has 1 aliphatic heterocycles. The third-order valence-corrected chi connectivity index (χ3v) is 5.40. The van der Waals surface area contributed by atoms with E-state index in [9.17, 15) is 0 Å². The van der Waals surface area contributed by atoms with Crippen LogP contribution in [0.2, 0.25) is 0 Å². The molecular formula is C10H21NOS2. The monoisotopic (exact) mass is 235 g/mol. The standard InChI is InChI=1S/C10H21NOS2/c12-8-7-11-6-3-1-2-4-10-5-9-13-14-10/h10-12H,1-9H2/t10-/m1/s1. The third kappa shape index (κ3) is 6.17. The lowest BCUT2D eigenvalue weighted by atomic mass is 10.1. The van der Waals surface area contributed by atoms with Gasteiger partial charge in [0.1, 0.15) is 0 Å². The SMILES string of the molecule is OCCNCCCCC[C@@H]1CCSS1. The van der Waals surface area contributed by atoms with Crippen molar-refractivity contribution in [3.05, 3.63) is 0 Å². The molecule has 0 bridgehead atoms. The van der Waals surface area contributed by atoms with E-state index in [1.807, 2.05) is 10.8 Å². The minimum absolute atomic E-state index is 0.260. The van der Waals surface area contributed by atoms with Gasteiger partial charge >= 0.3 is 0 Å². The van der Waals surface area contributed by atoms with Gasteiger partial charge in [0.15, 0.2) is 0 Å². The van der Waals surface area contributed by atoms with Crippen LogP contribution in [-0.4, -0.2) is 35.8 Å². The average Bonchev–Trinajstić information content (AvgIpc) is 2.69. The van der Waals surface area contributed by atoms with E-state index in [0.29, 0.717) is 0 Å². The van der Waals surface area contributed by atoms with Gasteiger partial charge in [-0.15, -0.1) is 0 Å². The highest BCUT2D eigenvalue weighted by molar-refractivity contribution is 8.77. The second-order valence-corrected chi connectivity index (χ2v) is 6.44. The highest BCUT2D eigenvalue weighted by Gasteiger charge is 2.15. The fourth-order valence-electron chi connectivity index (χ4n) is 1.57. The lowest BCUT2D eigenvalue weighted by Gasteiger charge is -2.06. The van der Waals surface area contributed by atoms with Crippen LogP contribution < -0.4 is 5.32 Å². The first-order valence-electron chi connectivity index (χ1n) is 5.53. The summed E-state index contributed by atoms with van der Waals surface area (Å²) >= 11 is 0. The molecule has 0 spiro atoms. The molecule has 1 saturated heterocycles. The van der Waals surface area contributed by atoms with E-state index in [0.717, 1.165) is 18.3 Å². The number of unbranched alkanes of at least 4 members (excludes halogenated alkanes) is 2. The van der Waals surface area contributed by atoms with Gasteiger partial charge in [-0.1, -0.05) is 34.4 Å². The van der Waals surface area contributed by atoms with Crippen LogP contribution in [0.25, 0.3) is 0 Å². The van der Waals surface area contributed by atoms with Gasteiger partial charge in [0.25, 0.3) is 0 Å². The number of aliphatic hydroxyl groups excluding tert-OH is 1. The fourth-order valence-corrected chi connectivity index (χ4v) is 4.59. The lowest BCUT2D eigenvalue weighted by Crippen LogP contribution is -2.19. The molecule has 1 rings (SSSR count). The van der Waals surface area contributed by atoms with Gasteiger partial charge in [0, 0.05) is 17.5 Å². The smallest absolute Gasteiger partial charge is 0.0555 e. The molecule has 2 nitrogen and oxygen atoms in total. The zero-order valence-corrected chi connectivity index (χ0v) is 10.3. The van der Waals surface area contributed by atoms with Crippen molar-refractivity contribution in [2.75, 3.05) is 25.4 Å². The van der Waals surface area contributed by atoms with Crippen molar-refractivity contribution in [1.82, 2.24) is 5.32 Å². The molecule has 14 heavy (non-hydrogen) atoms. The highest BCUT2D eigenvalue weighted by Crippen LogP contribution is 2.39. The molecule has 0 aromatic carbocycles. The second kappa shape index (κ2) is 8.89. The number of hydrogen-bond donors (Lipinski definition) is 2. The first-order valence-corrected chi connectivity index (χ1v) is 7.91. The number of aliphatic hydroxyl groups is 1. The maximum atomic E-state index is 8.54. The van der Waals surface area contributed by atoms with Crippen LogP contribution in [-0.2, 0) is 0 Å². The number of nitrogens with one attached hydrogen (secondary N) is 1. The molecule has 1 heterocycles. The summed E-state index contributed by atoms with van der Waals surface area (Å²) < 4.78 is 0. The Kier molecular flexibility index (Phi) is 8.06. The minimum Gasteiger partial charge on any atom is -0.395 e. The Labute approximate surface area is 95.0 Å². The van der Waals surface area contributed by atoms with E-state index in [2.05, 4.69) is 16.1 Å². The summed E-state index contributed by atoms with van der Waals surface area (Å²) in [5, 5.41) is 12.7. The minimum atomic E-state index is 0.260. The Balaban J connectivity index is 1.75. The molecule has 0 aromatic heterocycles. The van der Waals surface area contributed by atoms with E-state index in [1.54, 1.807) is 0 Å². The second-order valence-electron chi connectivity index (χ2n) is 3.65. The quantitative estimate of drug-likeness (QED) is 0.499. The van der Waals surface area contributed by atoms with Crippen molar-refractivity contribution in [2.45, 2.75) is 37.4 Å². The van der Waals surface area contributed by atoms with Gasteiger partial charge in [-0.3, -0.25) is 0 Å². The van der Waals surface area contributed by atoms with Gasteiger partial charge in [0.2, 0.25) is 0 Å². The number of hydrogen-bond acceptors (Lipinski definition) is 4. The summed E-state index contributed by atoms with van der Waals surface area (Å²) in [5.74, 6) is 1.35. The molecular weight excluding hydrogens is 214 g/mol. The molecule has 1 aliphatic rings. The van der Waals surface area contributed by atoms with Gasteiger partial charge in [0.05, 0.1) is 6.61 Å². The predicted octanol–water partition coefficient (Wildman–Crippen LogP) is 2.28. The Morgan fingerprint density at radius 2 is 2.14 bits per heavy atom. The van der Waals surface area contributed by atoms with Crippen molar-refractivity contribution >= 4 is 21.6 Å². The molecule has 0 radical (unpaired) electrons. The van der Waals surface area contributed by atoms with Gasteiger partial charge < -0.3 is 10.4 Å². The van der Waals surface area contributed by atoms with E-state index >= 15 is 0 Å². The van der Waals surface area contributed by atoms with Crippen LogP contribution in [0.4, 0.5) is 0 Å². The van der Waals surface area contributed by atoms with Crippen molar-refractivity contribution in [2.24, 2.45) is 0 Å². The van der Waals surface area contributed by atoms with Crippen LogP contribution in [0.15, 0.2) is 0 Å².